The molecular formula is C23H23NO3. The van der Waals surface area contributed by atoms with Crippen LogP contribution in [0.3, 0.4) is 0 Å². The summed E-state index contributed by atoms with van der Waals surface area (Å²) < 4.78 is 10.5. The molecule has 1 N–H and O–H groups in total. The molecule has 0 aliphatic rings. The molecule has 0 spiro atoms. The van der Waals surface area contributed by atoms with Gasteiger partial charge in [0, 0.05) is 24.6 Å². The quantitative estimate of drug-likeness (QED) is 0.570. The van der Waals surface area contributed by atoms with Gasteiger partial charge < -0.3 is 14.8 Å². The summed E-state index contributed by atoms with van der Waals surface area (Å²) in [5.41, 5.74) is 3.81. The van der Waals surface area contributed by atoms with E-state index in [4.69, 9.17) is 9.47 Å². The van der Waals surface area contributed by atoms with Crippen LogP contribution in [0.5, 0.6) is 11.5 Å². The second kappa shape index (κ2) is 8.90. The highest BCUT2D eigenvalue weighted by Gasteiger charge is 2.08. The summed E-state index contributed by atoms with van der Waals surface area (Å²) in [5, 5.41) is 3.25. The van der Waals surface area contributed by atoms with Crippen molar-refractivity contribution >= 4 is 11.5 Å². The highest BCUT2D eigenvalue weighted by atomic mass is 16.5. The van der Waals surface area contributed by atoms with Crippen molar-refractivity contribution in [3.63, 3.8) is 0 Å². The Labute approximate surface area is 159 Å². The first-order valence-electron chi connectivity index (χ1n) is 8.86. The van der Waals surface area contributed by atoms with E-state index >= 15 is 0 Å². The van der Waals surface area contributed by atoms with Crippen molar-refractivity contribution in [2.45, 2.75) is 6.42 Å². The second-order valence-electron chi connectivity index (χ2n) is 6.11. The zero-order chi connectivity index (χ0) is 19.1. The molecule has 0 saturated heterocycles. The van der Waals surface area contributed by atoms with Crippen molar-refractivity contribution in [1.29, 1.82) is 0 Å². The predicted molar refractivity (Wildman–Crippen MR) is 109 cm³/mol. The Morgan fingerprint density at radius 2 is 1.56 bits per heavy atom. The van der Waals surface area contributed by atoms with Crippen LogP contribution in [0.15, 0.2) is 72.8 Å². The van der Waals surface area contributed by atoms with Crippen LogP contribution in [0.2, 0.25) is 0 Å². The fourth-order valence-electron chi connectivity index (χ4n) is 2.88. The molecule has 3 aromatic rings. The fraction of sp³-hybridized carbons (Fsp3) is 0.174. The predicted octanol–water partition coefficient (Wildman–Crippen LogP) is 5.06. The van der Waals surface area contributed by atoms with Crippen LogP contribution in [0.1, 0.15) is 16.8 Å². The van der Waals surface area contributed by atoms with E-state index in [1.165, 1.54) is 0 Å². The molecule has 0 aliphatic heterocycles. The van der Waals surface area contributed by atoms with Crippen molar-refractivity contribution in [2.75, 3.05) is 26.1 Å². The first-order valence-corrected chi connectivity index (χ1v) is 8.86. The molecule has 0 unspecified atom stereocenters. The summed E-state index contributed by atoms with van der Waals surface area (Å²) in [4.78, 5) is 12.4. The molecule has 0 radical (unpaired) electrons. The molecule has 0 saturated carbocycles. The maximum Gasteiger partial charge on any atom is 0.164 e. The number of carbonyl (C=O) groups is 1. The molecule has 0 aromatic heterocycles. The average Bonchev–Trinajstić information content (AvgIpc) is 2.74. The van der Waals surface area contributed by atoms with Gasteiger partial charge >= 0.3 is 0 Å². The number of rotatable bonds is 8. The van der Waals surface area contributed by atoms with Gasteiger partial charge in [-0.3, -0.25) is 4.79 Å². The van der Waals surface area contributed by atoms with Gasteiger partial charge in [0.25, 0.3) is 0 Å². The molecule has 4 nitrogen and oxygen atoms in total. The number of anilines is 1. The molecule has 3 rings (SSSR count). The summed E-state index contributed by atoms with van der Waals surface area (Å²) in [5.74, 6) is 1.52. The molecule has 0 amide bonds. The molecule has 27 heavy (non-hydrogen) atoms. The summed E-state index contributed by atoms with van der Waals surface area (Å²) in [6, 6.07) is 23.4. The van der Waals surface area contributed by atoms with Crippen LogP contribution in [0.4, 0.5) is 5.69 Å². The third-order valence-electron chi connectivity index (χ3n) is 4.39. The fourth-order valence-corrected chi connectivity index (χ4v) is 2.88. The Kier molecular flexibility index (Phi) is 6.10. The van der Waals surface area contributed by atoms with Gasteiger partial charge in [-0.2, -0.15) is 0 Å². The maximum atomic E-state index is 12.4. The Hall–Kier alpha value is -3.27. The van der Waals surface area contributed by atoms with Crippen LogP contribution in [-0.2, 0) is 0 Å². The molecule has 0 fully saturated rings. The third-order valence-corrected chi connectivity index (χ3v) is 4.39. The van der Waals surface area contributed by atoms with Crippen molar-refractivity contribution in [3.05, 3.63) is 78.4 Å². The van der Waals surface area contributed by atoms with Crippen LogP contribution >= 0.6 is 0 Å². The number of hydrogen-bond acceptors (Lipinski definition) is 4. The monoisotopic (exact) mass is 361 g/mol. The van der Waals surface area contributed by atoms with Gasteiger partial charge in [0.1, 0.15) is 11.5 Å². The minimum atomic E-state index is 0.106. The number of nitrogens with one attached hydrogen (secondary N) is 1. The van der Waals surface area contributed by atoms with Gasteiger partial charge in [-0.1, -0.05) is 54.6 Å². The van der Waals surface area contributed by atoms with Gasteiger partial charge in [0.2, 0.25) is 0 Å². The topological polar surface area (TPSA) is 47.6 Å². The number of ketones is 1. The molecule has 3 aromatic carbocycles. The molecule has 4 heteroatoms. The average molecular weight is 361 g/mol. The summed E-state index contributed by atoms with van der Waals surface area (Å²) in [6.07, 6.45) is 0.403. The van der Waals surface area contributed by atoms with Crippen LogP contribution < -0.4 is 14.8 Å². The molecular weight excluding hydrogens is 338 g/mol. The van der Waals surface area contributed by atoms with Gasteiger partial charge in [-0.25, -0.2) is 0 Å². The Bertz CT molecular complexity index is 889. The second-order valence-corrected chi connectivity index (χ2v) is 6.11. The highest BCUT2D eigenvalue weighted by Crippen LogP contribution is 2.29. The molecule has 0 heterocycles. The minimum Gasteiger partial charge on any atom is -0.497 e. The Balaban J connectivity index is 1.58. The normalized spacial score (nSPS) is 10.3. The number of ether oxygens (including phenoxy) is 2. The maximum absolute atomic E-state index is 12.4. The van der Waals surface area contributed by atoms with Gasteiger partial charge in [-0.05, 0) is 23.3 Å². The molecule has 0 bridgehead atoms. The number of carbonyl (C=O) groups excluding carboxylic acids is 1. The number of methoxy groups -OCH3 is 2. The number of Topliss-reactive ketones (excluding diaryl/α,β-unsaturated/α-hetero) is 1. The van der Waals surface area contributed by atoms with E-state index in [1.54, 1.807) is 14.2 Å². The lowest BCUT2D eigenvalue weighted by atomic mass is 10.0. The van der Waals surface area contributed by atoms with E-state index in [0.717, 1.165) is 28.1 Å². The SMILES string of the molecule is COc1ccc(NCCC(=O)c2ccc(-c3ccccc3)cc2)c(OC)c1. The van der Waals surface area contributed by atoms with Gasteiger partial charge in [-0.15, -0.1) is 0 Å². The molecule has 0 aliphatic carbocycles. The van der Waals surface area contributed by atoms with Crippen LogP contribution in [-0.4, -0.2) is 26.5 Å². The van der Waals surface area contributed by atoms with Crippen molar-refractivity contribution in [1.82, 2.24) is 0 Å². The Morgan fingerprint density at radius 3 is 2.22 bits per heavy atom. The van der Waals surface area contributed by atoms with Crippen LogP contribution in [0, 0.1) is 0 Å². The summed E-state index contributed by atoms with van der Waals surface area (Å²) in [7, 11) is 3.23. The largest absolute Gasteiger partial charge is 0.497 e. The standard InChI is InChI=1S/C23H23NO3/c1-26-20-12-13-21(23(16-20)27-2)24-15-14-22(25)19-10-8-18(9-11-19)17-6-4-3-5-7-17/h3-13,16,24H,14-15H2,1-2H3. The Morgan fingerprint density at radius 1 is 0.852 bits per heavy atom. The van der Waals surface area contributed by atoms with E-state index in [-0.39, 0.29) is 5.78 Å². The van der Waals surface area contributed by atoms with Crippen molar-refractivity contribution in [2.24, 2.45) is 0 Å². The lowest BCUT2D eigenvalue weighted by molar-refractivity contribution is 0.0986. The number of benzene rings is 3. The zero-order valence-corrected chi connectivity index (χ0v) is 15.6. The van der Waals surface area contributed by atoms with Gasteiger partial charge in [0.15, 0.2) is 5.78 Å². The molecule has 0 atom stereocenters. The zero-order valence-electron chi connectivity index (χ0n) is 15.6. The van der Waals surface area contributed by atoms with E-state index < -0.39 is 0 Å². The highest BCUT2D eigenvalue weighted by molar-refractivity contribution is 5.96. The van der Waals surface area contributed by atoms with E-state index in [9.17, 15) is 4.79 Å². The van der Waals surface area contributed by atoms with E-state index in [1.807, 2.05) is 60.7 Å². The summed E-state index contributed by atoms with van der Waals surface area (Å²) in [6.45, 7) is 0.530. The smallest absolute Gasteiger partial charge is 0.164 e. The lowest BCUT2D eigenvalue weighted by Crippen LogP contribution is -2.09. The minimum absolute atomic E-state index is 0.106. The van der Waals surface area contributed by atoms with Crippen LogP contribution in [0.25, 0.3) is 11.1 Å². The van der Waals surface area contributed by atoms with E-state index in [2.05, 4.69) is 17.4 Å². The van der Waals surface area contributed by atoms with Crippen molar-refractivity contribution in [3.8, 4) is 22.6 Å². The summed E-state index contributed by atoms with van der Waals surface area (Å²) >= 11 is 0. The third kappa shape index (κ3) is 4.67. The van der Waals surface area contributed by atoms with Crippen molar-refractivity contribution < 1.29 is 14.3 Å². The first-order chi connectivity index (χ1) is 13.2. The first kappa shape index (κ1) is 18.5. The lowest BCUT2D eigenvalue weighted by Gasteiger charge is -2.12. The van der Waals surface area contributed by atoms with E-state index in [0.29, 0.717) is 18.7 Å². The van der Waals surface area contributed by atoms with Gasteiger partial charge in [0.05, 0.1) is 19.9 Å². The molecule has 138 valence electrons. The number of hydrogen-bond donors (Lipinski definition) is 1.